The smallest absolute Gasteiger partial charge is 0.202 e. The molecule has 0 spiro atoms. The summed E-state index contributed by atoms with van der Waals surface area (Å²) >= 11 is 0. The lowest BCUT2D eigenvalue weighted by atomic mass is 9.72. The van der Waals surface area contributed by atoms with Crippen molar-refractivity contribution in [3.8, 4) is 17.2 Å². The minimum Gasteiger partial charge on any atom is -0.507 e. The number of aliphatic hydroxyl groups excluding tert-OH is 2. The lowest BCUT2D eigenvalue weighted by Gasteiger charge is -2.42. The number of methoxy groups -OCH3 is 1. The Kier molecular flexibility index (Phi) is 6.74. The molecule has 1 heterocycles. The number of ketones is 3. The van der Waals surface area contributed by atoms with Gasteiger partial charge in [0.2, 0.25) is 5.78 Å². The highest BCUT2D eigenvalue weighted by Crippen LogP contribution is 2.52. The molecule has 0 radical (unpaired) electrons. The fourth-order valence-corrected chi connectivity index (χ4v) is 5.75. The van der Waals surface area contributed by atoms with Crippen LogP contribution in [-0.2, 0) is 20.7 Å². The van der Waals surface area contributed by atoms with Crippen LogP contribution in [0.5, 0.6) is 17.2 Å². The van der Waals surface area contributed by atoms with E-state index in [1.807, 2.05) is 0 Å². The van der Waals surface area contributed by atoms with Gasteiger partial charge in [-0.3, -0.25) is 14.4 Å². The van der Waals surface area contributed by atoms with Gasteiger partial charge in [0.1, 0.15) is 29.5 Å². The van der Waals surface area contributed by atoms with Crippen molar-refractivity contribution in [2.75, 3.05) is 13.7 Å². The molecule has 39 heavy (non-hydrogen) atoms. The highest BCUT2D eigenvalue weighted by atomic mass is 16.7. The van der Waals surface area contributed by atoms with Crippen LogP contribution in [0.15, 0.2) is 18.2 Å². The van der Waals surface area contributed by atoms with E-state index in [0.29, 0.717) is 0 Å². The van der Waals surface area contributed by atoms with Gasteiger partial charge in [0, 0.05) is 42.0 Å². The molecule has 1 fully saturated rings. The summed E-state index contributed by atoms with van der Waals surface area (Å²) < 4.78 is 17.0. The van der Waals surface area contributed by atoms with Crippen molar-refractivity contribution < 1.29 is 54.1 Å². The summed E-state index contributed by atoms with van der Waals surface area (Å²) in [4.78, 5) is 39.7. The van der Waals surface area contributed by atoms with Gasteiger partial charge in [0.15, 0.2) is 17.9 Å². The van der Waals surface area contributed by atoms with Gasteiger partial charge in [0.05, 0.1) is 42.1 Å². The summed E-state index contributed by atoms with van der Waals surface area (Å²) in [6.07, 6.45) is -5.12. The summed E-state index contributed by atoms with van der Waals surface area (Å²) in [5.74, 6) is -3.77. The number of carbonyl (C=O) groups is 3. The minimum atomic E-state index is -2.24. The van der Waals surface area contributed by atoms with Crippen LogP contribution >= 0.6 is 0 Å². The van der Waals surface area contributed by atoms with Crippen molar-refractivity contribution in [3.05, 3.63) is 51.6 Å². The maximum absolute atomic E-state index is 13.6. The fourth-order valence-electron chi connectivity index (χ4n) is 5.75. The monoisotopic (exact) mass is 543 g/mol. The molecule has 1 aliphatic heterocycles. The Morgan fingerprint density at radius 2 is 1.85 bits per heavy atom. The quantitative estimate of drug-likeness (QED) is 0.235. The van der Waals surface area contributed by atoms with Gasteiger partial charge in [-0.2, -0.15) is 0 Å². The van der Waals surface area contributed by atoms with Gasteiger partial charge in [-0.05, 0) is 13.0 Å². The predicted molar refractivity (Wildman–Crippen MR) is 132 cm³/mol. The van der Waals surface area contributed by atoms with Crippen LogP contribution in [0, 0.1) is 0 Å². The van der Waals surface area contributed by atoms with Crippen LogP contribution in [0.4, 0.5) is 0 Å². The van der Waals surface area contributed by atoms with Gasteiger partial charge < -0.3 is 45.5 Å². The van der Waals surface area contributed by atoms with Crippen LogP contribution < -0.4 is 10.5 Å². The van der Waals surface area contributed by atoms with E-state index in [1.165, 1.54) is 25.3 Å². The third-order valence-corrected chi connectivity index (χ3v) is 7.81. The fraction of sp³-hybridized carbons (Fsp3) is 0.444. The largest absolute Gasteiger partial charge is 0.507 e. The number of hydrogen-bond acceptors (Lipinski definition) is 12. The van der Waals surface area contributed by atoms with Crippen molar-refractivity contribution in [2.24, 2.45) is 5.73 Å². The SMILES string of the molecule is COc1cccc2c1C(=O)c1c(O)c3c(c(O)c1C2=O)C[C@@](O)(C(=O)CO)CC3OC1C[C@H](N)[C@H](O)[C@H](C)O1. The summed E-state index contributed by atoms with van der Waals surface area (Å²) in [5.41, 5.74) is 2.37. The van der Waals surface area contributed by atoms with E-state index in [-0.39, 0.29) is 34.4 Å². The molecule has 2 aliphatic carbocycles. The number of phenols is 2. The molecule has 0 bridgehead atoms. The number of hydrogen-bond donors (Lipinski definition) is 6. The van der Waals surface area contributed by atoms with Crippen molar-refractivity contribution in [2.45, 2.75) is 62.4 Å². The lowest BCUT2D eigenvalue weighted by molar-refractivity contribution is -0.247. The van der Waals surface area contributed by atoms with E-state index >= 15 is 0 Å². The molecule has 1 saturated heterocycles. The number of phenolic OH excluding ortho intramolecular Hbond substituents is 2. The van der Waals surface area contributed by atoms with Crippen molar-refractivity contribution in [1.29, 1.82) is 0 Å². The molecule has 5 rings (SSSR count). The third kappa shape index (κ3) is 4.11. The first-order valence-corrected chi connectivity index (χ1v) is 12.4. The number of benzene rings is 2. The Morgan fingerprint density at radius 1 is 1.15 bits per heavy atom. The molecule has 6 atom stereocenters. The Bertz CT molecular complexity index is 1380. The van der Waals surface area contributed by atoms with Crippen molar-refractivity contribution in [3.63, 3.8) is 0 Å². The standard InChI is InChI=1S/C27H29NO11/c1-10-22(31)13(28)6-17(38-10)39-15-8-27(36,16(30)9-29)7-12-19(15)26(35)21-20(24(12)33)23(32)11-4-3-5-14(37-2)18(11)25(21)34/h3-5,10,13,15,17,22,29,31,33,35-36H,6-9,28H2,1-2H3/t10-,13-,15?,17?,22+,27-/m0/s1. The number of fused-ring (bicyclic) bond motifs is 3. The number of nitrogens with two attached hydrogens (primary N) is 1. The van der Waals surface area contributed by atoms with Crippen LogP contribution in [-0.4, -0.2) is 86.7 Å². The van der Waals surface area contributed by atoms with E-state index in [4.69, 9.17) is 19.9 Å². The molecule has 2 unspecified atom stereocenters. The Morgan fingerprint density at radius 3 is 2.49 bits per heavy atom. The van der Waals surface area contributed by atoms with Gasteiger partial charge in [-0.25, -0.2) is 0 Å². The summed E-state index contributed by atoms with van der Waals surface area (Å²) in [7, 11) is 1.32. The molecule has 0 amide bonds. The average Bonchev–Trinajstić information content (AvgIpc) is 2.90. The van der Waals surface area contributed by atoms with E-state index < -0.39 is 95.7 Å². The number of Topliss-reactive ketones (excluding diaryl/α,β-unsaturated/α-hetero) is 1. The Balaban J connectivity index is 1.69. The van der Waals surface area contributed by atoms with E-state index in [2.05, 4.69) is 0 Å². The first kappa shape index (κ1) is 27.2. The second-order valence-corrected chi connectivity index (χ2v) is 10.2. The average molecular weight is 544 g/mol. The zero-order chi connectivity index (χ0) is 28.4. The first-order chi connectivity index (χ1) is 18.4. The number of rotatable bonds is 5. The second-order valence-electron chi connectivity index (χ2n) is 10.2. The van der Waals surface area contributed by atoms with E-state index in [9.17, 15) is 39.9 Å². The minimum absolute atomic E-state index is 0.0173. The molecule has 2 aromatic rings. The predicted octanol–water partition coefficient (Wildman–Crippen LogP) is 0.00130. The molecular formula is C27H29NO11. The van der Waals surface area contributed by atoms with Crippen LogP contribution in [0.25, 0.3) is 0 Å². The molecule has 3 aliphatic rings. The zero-order valence-electron chi connectivity index (χ0n) is 21.2. The van der Waals surface area contributed by atoms with Crippen LogP contribution in [0.2, 0.25) is 0 Å². The molecule has 0 aromatic heterocycles. The highest BCUT2D eigenvalue weighted by Gasteiger charge is 2.50. The lowest BCUT2D eigenvalue weighted by Crippen LogP contribution is -2.53. The molecule has 0 saturated carbocycles. The normalized spacial score (nSPS) is 29.8. The summed E-state index contributed by atoms with van der Waals surface area (Å²) in [6.45, 7) is 0.560. The molecule has 12 heteroatoms. The first-order valence-electron chi connectivity index (χ1n) is 12.4. The topological polar surface area (TPSA) is 206 Å². The Labute approximate surface area is 222 Å². The maximum Gasteiger partial charge on any atom is 0.202 e. The third-order valence-electron chi connectivity index (χ3n) is 7.81. The number of aliphatic hydroxyl groups is 3. The second kappa shape index (κ2) is 9.66. The van der Waals surface area contributed by atoms with Gasteiger partial charge in [-0.15, -0.1) is 0 Å². The molecular weight excluding hydrogens is 514 g/mol. The van der Waals surface area contributed by atoms with E-state index in [0.717, 1.165) is 0 Å². The summed E-state index contributed by atoms with van der Waals surface area (Å²) in [6, 6.07) is 3.64. The molecule has 7 N–H and O–H groups in total. The molecule has 12 nitrogen and oxygen atoms in total. The van der Waals surface area contributed by atoms with Gasteiger partial charge >= 0.3 is 0 Å². The van der Waals surface area contributed by atoms with Crippen molar-refractivity contribution >= 4 is 17.3 Å². The maximum atomic E-state index is 13.6. The van der Waals surface area contributed by atoms with Crippen LogP contribution in [0.3, 0.4) is 0 Å². The zero-order valence-corrected chi connectivity index (χ0v) is 21.2. The number of carbonyl (C=O) groups excluding carboxylic acids is 3. The van der Waals surface area contributed by atoms with E-state index in [1.54, 1.807) is 6.92 Å². The Hall–Kier alpha value is -3.39. The molecule has 208 valence electrons. The molecule has 2 aromatic carbocycles. The highest BCUT2D eigenvalue weighted by molar-refractivity contribution is 6.31. The van der Waals surface area contributed by atoms with Crippen LogP contribution in [0.1, 0.15) is 68.8 Å². The van der Waals surface area contributed by atoms with Gasteiger partial charge in [0.25, 0.3) is 0 Å². The van der Waals surface area contributed by atoms with Gasteiger partial charge in [-0.1, -0.05) is 12.1 Å². The van der Waals surface area contributed by atoms with Crippen molar-refractivity contribution in [1.82, 2.24) is 0 Å². The summed E-state index contributed by atoms with van der Waals surface area (Å²) in [5, 5.41) is 53.7. The number of aromatic hydroxyl groups is 2. The number of ether oxygens (including phenoxy) is 3.